The van der Waals surface area contributed by atoms with Crippen molar-refractivity contribution in [3.05, 3.63) is 29.3 Å². The monoisotopic (exact) mass is 386 g/mol. The second-order valence-corrected chi connectivity index (χ2v) is 5.93. The van der Waals surface area contributed by atoms with Crippen LogP contribution in [0, 0.1) is 11.3 Å². The van der Waals surface area contributed by atoms with Crippen LogP contribution < -0.4 is 14.8 Å². The smallest absolute Gasteiger partial charge is 0.387 e. The number of carbonyl (C=O) groups excluding carboxylic acids is 1. The van der Waals surface area contributed by atoms with Gasteiger partial charge in [-0.2, -0.15) is 22.8 Å². The number of hydrogen-bond donors (Lipinski definition) is 1. The Kier molecular flexibility index (Phi) is 7.46. The Balaban J connectivity index is 2.24. The molecule has 1 saturated carbocycles. The standard InChI is InChI=1S/C18H18F4N2O3/c19-17(20)26-14-7-6-11(15(9-14)27-18(21)22)8-12(10-23)16(25)24-13-4-2-1-3-5-13/h6-9,13,17-18H,1-5H2,(H,24,25)/b12-8+. The molecule has 1 aliphatic rings. The highest BCUT2D eigenvalue weighted by molar-refractivity contribution is 6.02. The minimum absolute atomic E-state index is 0.0349. The van der Waals surface area contributed by atoms with E-state index in [-0.39, 0.29) is 22.9 Å². The lowest BCUT2D eigenvalue weighted by Crippen LogP contribution is -2.36. The Morgan fingerprint density at radius 1 is 1.15 bits per heavy atom. The molecule has 0 atom stereocenters. The summed E-state index contributed by atoms with van der Waals surface area (Å²) in [5.41, 5.74) is -0.338. The van der Waals surface area contributed by atoms with Crippen LogP contribution in [-0.2, 0) is 4.79 Å². The summed E-state index contributed by atoms with van der Waals surface area (Å²) < 4.78 is 58.2. The molecule has 1 aromatic carbocycles. The maximum Gasteiger partial charge on any atom is 0.387 e. The van der Waals surface area contributed by atoms with Crippen molar-refractivity contribution in [2.45, 2.75) is 51.4 Å². The van der Waals surface area contributed by atoms with E-state index in [1.165, 1.54) is 0 Å². The fourth-order valence-corrected chi connectivity index (χ4v) is 2.82. The largest absolute Gasteiger partial charge is 0.435 e. The number of halogens is 4. The van der Waals surface area contributed by atoms with Crippen LogP contribution >= 0.6 is 0 Å². The molecule has 0 saturated heterocycles. The first-order chi connectivity index (χ1) is 12.9. The van der Waals surface area contributed by atoms with E-state index in [9.17, 15) is 27.6 Å². The Labute approximate surface area is 153 Å². The van der Waals surface area contributed by atoms with Crippen LogP contribution in [0.15, 0.2) is 23.8 Å². The van der Waals surface area contributed by atoms with E-state index in [4.69, 9.17) is 0 Å². The lowest BCUT2D eigenvalue weighted by atomic mass is 9.95. The number of nitrogens with zero attached hydrogens (tertiary/aromatic N) is 1. The molecule has 1 N–H and O–H groups in total. The van der Waals surface area contributed by atoms with Gasteiger partial charge in [-0.25, -0.2) is 0 Å². The lowest BCUT2D eigenvalue weighted by Gasteiger charge is -2.22. The summed E-state index contributed by atoms with van der Waals surface area (Å²) in [5.74, 6) is -1.50. The molecule has 0 spiro atoms. The van der Waals surface area contributed by atoms with Crippen LogP contribution in [-0.4, -0.2) is 25.2 Å². The third-order valence-corrected chi connectivity index (χ3v) is 4.03. The minimum atomic E-state index is -3.22. The van der Waals surface area contributed by atoms with Gasteiger partial charge in [-0.1, -0.05) is 19.3 Å². The molecule has 1 fully saturated rings. The third kappa shape index (κ3) is 6.47. The number of amides is 1. The zero-order valence-electron chi connectivity index (χ0n) is 14.3. The second-order valence-electron chi connectivity index (χ2n) is 5.93. The first-order valence-corrected chi connectivity index (χ1v) is 8.35. The first kappa shape index (κ1) is 20.6. The summed E-state index contributed by atoms with van der Waals surface area (Å²) in [4.78, 5) is 12.3. The molecule has 5 nitrogen and oxygen atoms in total. The topological polar surface area (TPSA) is 71.3 Å². The molecule has 1 aliphatic carbocycles. The Hall–Kier alpha value is -2.76. The van der Waals surface area contributed by atoms with Crippen LogP contribution in [0.5, 0.6) is 11.5 Å². The molecule has 0 unspecified atom stereocenters. The maximum absolute atomic E-state index is 12.6. The van der Waals surface area contributed by atoms with Crippen LogP contribution in [0.2, 0.25) is 0 Å². The highest BCUT2D eigenvalue weighted by Crippen LogP contribution is 2.29. The summed E-state index contributed by atoms with van der Waals surface area (Å²) in [7, 11) is 0. The van der Waals surface area contributed by atoms with Crippen molar-refractivity contribution in [3.8, 4) is 17.6 Å². The highest BCUT2D eigenvalue weighted by atomic mass is 19.3. The Morgan fingerprint density at radius 2 is 1.81 bits per heavy atom. The van der Waals surface area contributed by atoms with Gasteiger partial charge in [0.25, 0.3) is 5.91 Å². The van der Waals surface area contributed by atoms with E-state index >= 15 is 0 Å². The molecule has 27 heavy (non-hydrogen) atoms. The number of nitrogens with one attached hydrogen (secondary N) is 1. The number of hydrogen-bond acceptors (Lipinski definition) is 4. The zero-order chi connectivity index (χ0) is 19.8. The zero-order valence-corrected chi connectivity index (χ0v) is 14.3. The Bertz CT molecular complexity index is 726. The molecular weight excluding hydrogens is 368 g/mol. The van der Waals surface area contributed by atoms with Crippen LogP contribution in [0.3, 0.4) is 0 Å². The lowest BCUT2D eigenvalue weighted by molar-refractivity contribution is -0.117. The van der Waals surface area contributed by atoms with Crippen molar-refractivity contribution in [1.82, 2.24) is 5.32 Å². The summed E-state index contributed by atoms with van der Waals surface area (Å²) in [6.45, 7) is -6.36. The van der Waals surface area contributed by atoms with E-state index < -0.39 is 24.9 Å². The molecule has 146 valence electrons. The highest BCUT2D eigenvalue weighted by Gasteiger charge is 2.19. The van der Waals surface area contributed by atoms with Gasteiger partial charge in [-0.15, -0.1) is 0 Å². The molecule has 1 amide bonds. The number of alkyl halides is 4. The SMILES string of the molecule is N#C/C(=C\c1ccc(OC(F)F)cc1OC(F)F)C(=O)NC1CCCCC1. The van der Waals surface area contributed by atoms with E-state index in [1.54, 1.807) is 6.07 Å². The van der Waals surface area contributed by atoms with E-state index in [0.717, 1.165) is 56.4 Å². The van der Waals surface area contributed by atoms with Gasteiger partial charge in [-0.05, 0) is 31.1 Å². The first-order valence-electron chi connectivity index (χ1n) is 8.35. The van der Waals surface area contributed by atoms with Crippen LogP contribution in [0.1, 0.15) is 37.7 Å². The Morgan fingerprint density at radius 3 is 2.41 bits per heavy atom. The molecule has 0 aliphatic heterocycles. The average Bonchev–Trinajstić information content (AvgIpc) is 2.61. The van der Waals surface area contributed by atoms with E-state index in [2.05, 4.69) is 14.8 Å². The summed E-state index contributed by atoms with van der Waals surface area (Å²) in [6.07, 6.45) is 5.74. The summed E-state index contributed by atoms with van der Waals surface area (Å²) in [5, 5.41) is 12.0. The number of ether oxygens (including phenoxy) is 2. The van der Waals surface area contributed by atoms with Crippen LogP contribution in [0.4, 0.5) is 17.6 Å². The summed E-state index contributed by atoms with van der Waals surface area (Å²) >= 11 is 0. The van der Waals surface area contributed by atoms with Gasteiger partial charge in [0.1, 0.15) is 23.1 Å². The van der Waals surface area contributed by atoms with Gasteiger partial charge in [0.15, 0.2) is 0 Å². The quantitative estimate of drug-likeness (QED) is 0.432. The van der Waals surface area contributed by atoms with Gasteiger partial charge in [0.2, 0.25) is 0 Å². The molecule has 1 aromatic rings. The van der Waals surface area contributed by atoms with Crippen molar-refractivity contribution < 1.29 is 31.8 Å². The number of carbonyl (C=O) groups is 1. The van der Waals surface area contributed by atoms with Gasteiger partial charge in [0.05, 0.1) is 0 Å². The van der Waals surface area contributed by atoms with Gasteiger partial charge >= 0.3 is 13.2 Å². The molecule has 0 heterocycles. The summed E-state index contributed by atoms with van der Waals surface area (Å²) in [6, 6.07) is 4.78. The maximum atomic E-state index is 12.6. The van der Waals surface area contributed by atoms with Gasteiger partial charge in [0, 0.05) is 17.7 Å². The van der Waals surface area contributed by atoms with Crippen molar-refractivity contribution in [2.75, 3.05) is 0 Å². The number of benzene rings is 1. The van der Waals surface area contributed by atoms with Crippen molar-refractivity contribution >= 4 is 12.0 Å². The predicted molar refractivity (Wildman–Crippen MR) is 88.3 cm³/mol. The van der Waals surface area contributed by atoms with Crippen LogP contribution in [0.25, 0.3) is 6.08 Å². The second kappa shape index (κ2) is 9.80. The molecule has 0 radical (unpaired) electrons. The van der Waals surface area contributed by atoms with Crippen molar-refractivity contribution in [3.63, 3.8) is 0 Å². The molecule has 0 aromatic heterocycles. The van der Waals surface area contributed by atoms with Crippen molar-refractivity contribution in [2.24, 2.45) is 0 Å². The third-order valence-electron chi connectivity index (χ3n) is 4.03. The van der Waals surface area contributed by atoms with Gasteiger partial charge < -0.3 is 14.8 Å². The van der Waals surface area contributed by atoms with E-state index in [0.29, 0.717) is 0 Å². The minimum Gasteiger partial charge on any atom is -0.435 e. The average molecular weight is 386 g/mol. The number of nitriles is 1. The predicted octanol–water partition coefficient (Wildman–Crippen LogP) is 4.25. The number of rotatable bonds is 7. The van der Waals surface area contributed by atoms with E-state index in [1.807, 2.05) is 0 Å². The molecular formula is C18H18F4N2O3. The fourth-order valence-electron chi connectivity index (χ4n) is 2.82. The molecule has 9 heteroatoms. The normalized spacial score (nSPS) is 15.5. The fraction of sp³-hybridized carbons (Fsp3) is 0.444. The van der Waals surface area contributed by atoms with Gasteiger partial charge in [-0.3, -0.25) is 4.79 Å². The molecule has 0 bridgehead atoms. The van der Waals surface area contributed by atoms with Crippen molar-refractivity contribution in [1.29, 1.82) is 5.26 Å². The molecule has 2 rings (SSSR count).